The van der Waals surface area contributed by atoms with Gasteiger partial charge in [0.15, 0.2) is 6.73 Å². The third-order valence-electron chi connectivity index (χ3n) is 3.51. The van der Waals surface area contributed by atoms with E-state index in [0.717, 1.165) is 12.1 Å². The zero-order valence-electron chi connectivity index (χ0n) is 13.7. The largest absolute Gasteiger partial charge is 0.471 e. The number of halogens is 1. The van der Waals surface area contributed by atoms with Crippen LogP contribution in [0, 0.1) is 0 Å². The van der Waals surface area contributed by atoms with E-state index in [1.165, 1.54) is 0 Å². The second-order valence-electron chi connectivity index (χ2n) is 5.35. The summed E-state index contributed by atoms with van der Waals surface area (Å²) in [5.41, 5.74) is 1.28. The fourth-order valence-electron chi connectivity index (χ4n) is 2.17. The van der Waals surface area contributed by atoms with Crippen molar-refractivity contribution >= 4 is 17.5 Å². The van der Waals surface area contributed by atoms with E-state index in [1.54, 1.807) is 47.4 Å². The number of carbonyl (C=O) groups is 1. The second kappa shape index (κ2) is 7.85. The van der Waals surface area contributed by atoms with Gasteiger partial charge in [0.05, 0.1) is 6.20 Å². The zero-order valence-corrected chi connectivity index (χ0v) is 14.5. The molecule has 7 nitrogen and oxygen atoms in total. The monoisotopic (exact) mass is 359 g/mol. The van der Waals surface area contributed by atoms with E-state index in [4.69, 9.17) is 16.3 Å². The number of benzene rings is 1. The van der Waals surface area contributed by atoms with Crippen LogP contribution in [0.2, 0.25) is 5.02 Å². The Morgan fingerprint density at radius 2 is 2.04 bits per heavy atom. The number of aromatic nitrogens is 4. The summed E-state index contributed by atoms with van der Waals surface area (Å²) in [4.78, 5) is 12.1. The van der Waals surface area contributed by atoms with Crippen LogP contribution in [0.25, 0.3) is 0 Å². The molecule has 0 aliphatic heterocycles. The van der Waals surface area contributed by atoms with Crippen molar-refractivity contribution in [2.75, 3.05) is 0 Å². The van der Waals surface area contributed by atoms with Crippen LogP contribution in [0.15, 0.2) is 48.9 Å². The number of hydrogen-bond donors (Lipinski definition) is 1. The molecule has 25 heavy (non-hydrogen) atoms. The number of amides is 1. The number of hydrogen-bond acceptors (Lipinski definition) is 4. The highest BCUT2D eigenvalue weighted by atomic mass is 35.5. The molecule has 0 aliphatic rings. The summed E-state index contributed by atoms with van der Waals surface area (Å²) >= 11 is 5.83. The molecule has 0 unspecified atom stereocenters. The number of rotatable bonds is 7. The third-order valence-corrected chi connectivity index (χ3v) is 3.77. The van der Waals surface area contributed by atoms with Crippen molar-refractivity contribution in [2.45, 2.75) is 26.7 Å². The van der Waals surface area contributed by atoms with Gasteiger partial charge >= 0.3 is 0 Å². The Balaban J connectivity index is 1.51. The summed E-state index contributed by atoms with van der Waals surface area (Å²) in [7, 11) is 0. The van der Waals surface area contributed by atoms with E-state index in [1.807, 2.05) is 17.8 Å². The Hall–Kier alpha value is -2.80. The molecule has 0 radical (unpaired) electrons. The quantitative estimate of drug-likeness (QED) is 0.704. The summed E-state index contributed by atoms with van der Waals surface area (Å²) in [5.74, 6) is 0.438. The zero-order chi connectivity index (χ0) is 17.6. The molecule has 130 valence electrons. The topological polar surface area (TPSA) is 74.0 Å². The van der Waals surface area contributed by atoms with Crippen molar-refractivity contribution in [3.8, 4) is 5.75 Å². The molecule has 0 aliphatic carbocycles. The summed E-state index contributed by atoms with van der Waals surface area (Å²) in [5, 5.41) is 11.8. The highest BCUT2D eigenvalue weighted by Crippen LogP contribution is 2.15. The molecule has 3 aromatic rings. The molecule has 2 heterocycles. The van der Waals surface area contributed by atoms with Gasteiger partial charge in [-0.3, -0.25) is 9.48 Å². The number of aryl methyl sites for hydroxylation is 1. The van der Waals surface area contributed by atoms with Crippen molar-refractivity contribution < 1.29 is 9.53 Å². The number of nitrogens with zero attached hydrogens (tertiary/aromatic N) is 4. The number of carbonyl (C=O) groups excluding carboxylic acids is 1. The highest BCUT2D eigenvalue weighted by Gasteiger charge is 2.10. The third kappa shape index (κ3) is 4.60. The van der Waals surface area contributed by atoms with Crippen LogP contribution in [0.5, 0.6) is 5.75 Å². The Bertz CT molecular complexity index is 841. The van der Waals surface area contributed by atoms with Crippen LogP contribution < -0.4 is 10.1 Å². The van der Waals surface area contributed by atoms with Crippen LogP contribution in [-0.2, 0) is 19.8 Å². The fraction of sp³-hybridized carbons (Fsp3) is 0.235. The van der Waals surface area contributed by atoms with E-state index in [0.29, 0.717) is 23.0 Å². The predicted octanol–water partition coefficient (Wildman–Crippen LogP) is 2.72. The van der Waals surface area contributed by atoms with Crippen LogP contribution in [-0.4, -0.2) is 25.5 Å². The van der Waals surface area contributed by atoms with Crippen molar-refractivity contribution in [3.63, 3.8) is 0 Å². The lowest BCUT2D eigenvalue weighted by Crippen LogP contribution is -2.23. The van der Waals surface area contributed by atoms with E-state index in [9.17, 15) is 4.79 Å². The molecule has 3 rings (SSSR count). The van der Waals surface area contributed by atoms with E-state index in [2.05, 4.69) is 15.5 Å². The molecule has 1 aromatic carbocycles. The van der Waals surface area contributed by atoms with E-state index in [-0.39, 0.29) is 12.6 Å². The first-order chi connectivity index (χ1) is 12.1. The second-order valence-corrected chi connectivity index (χ2v) is 5.79. The minimum atomic E-state index is -0.241. The van der Waals surface area contributed by atoms with E-state index < -0.39 is 0 Å². The average Bonchev–Trinajstić information content (AvgIpc) is 3.28. The van der Waals surface area contributed by atoms with Gasteiger partial charge in [0.25, 0.3) is 5.91 Å². The molecule has 0 atom stereocenters. The number of nitrogens with one attached hydrogen (secondary N) is 1. The molecule has 0 saturated carbocycles. The maximum Gasteiger partial charge on any atom is 0.272 e. The van der Waals surface area contributed by atoms with Crippen molar-refractivity contribution in [1.82, 2.24) is 24.9 Å². The maximum atomic E-state index is 12.1. The molecule has 1 amide bonds. The van der Waals surface area contributed by atoms with Gasteiger partial charge < -0.3 is 10.1 Å². The van der Waals surface area contributed by atoms with Crippen LogP contribution in [0.4, 0.5) is 0 Å². The first-order valence-electron chi connectivity index (χ1n) is 7.85. The molecule has 2 aromatic heterocycles. The van der Waals surface area contributed by atoms with Gasteiger partial charge in [-0.15, -0.1) is 0 Å². The van der Waals surface area contributed by atoms with Gasteiger partial charge in [-0.1, -0.05) is 11.6 Å². The summed E-state index contributed by atoms with van der Waals surface area (Å²) in [6, 6.07) is 8.70. The molecule has 0 saturated heterocycles. The van der Waals surface area contributed by atoms with Gasteiger partial charge in [0.1, 0.15) is 11.4 Å². The predicted molar refractivity (Wildman–Crippen MR) is 93.4 cm³/mol. The lowest BCUT2D eigenvalue weighted by molar-refractivity contribution is 0.0944. The molecule has 0 bridgehead atoms. The van der Waals surface area contributed by atoms with Crippen molar-refractivity contribution in [3.05, 3.63) is 65.2 Å². The molecule has 1 N–H and O–H groups in total. The molecule has 8 heteroatoms. The van der Waals surface area contributed by atoms with Gasteiger partial charge in [-0.25, -0.2) is 4.68 Å². The standard InChI is InChI=1S/C17H18ClN5O2/c1-2-22-11-13(10-20-22)9-19-17(24)16-7-8-23(21-16)12-25-15-5-3-14(18)4-6-15/h3-8,10-11H,2,9,12H2,1H3,(H,19,24). The van der Waals surface area contributed by atoms with Crippen LogP contribution >= 0.6 is 11.6 Å². The van der Waals surface area contributed by atoms with Gasteiger partial charge in [-0.05, 0) is 37.3 Å². The Labute approximate surface area is 150 Å². The lowest BCUT2D eigenvalue weighted by atomic mass is 10.3. The Morgan fingerprint density at radius 3 is 2.76 bits per heavy atom. The normalized spacial score (nSPS) is 10.6. The molecular weight excluding hydrogens is 342 g/mol. The first-order valence-corrected chi connectivity index (χ1v) is 8.23. The molecular formula is C17H18ClN5O2. The average molecular weight is 360 g/mol. The van der Waals surface area contributed by atoms with Crippen LogP contribution in [0.1, 0.15) is 23.0 Å². The van der Waals surface area contributed by atoms with Gasteiger partial charge in [0, 0.05) is 36.1 Å². The van der Waals surface area contributed by atoms with Gasteiger partial charge in [-0.2, -0.15) is 10.2 Å². The van der Waals surface area contributed by atoms with Crippen molar-refractivity contribution in [2.24, 2.45) is 0 Å². The lowest BCUT2D eigenvalue weighted by Gasteiger charge is -2.06. The van der Waals surface area contributed by atoms with E-state index >= 15 is 0 Å². The Kier molecular flexibility index (Phi) is 5.35. The molecule has 0 spiro atoms. The molecule has 0 fully saturated rings. The highest BCUT2D eigenvalue weighted by molar-refractivity contribution is 6.30. The summed E-state index contributed by atoms with van der Waals surface area (Å²) in [6.07, 6.45) is 5.33. The minimum Gasteiger partial charge on any atom is -0.471 e. The minimum absolute atomic E-state index is 0.207. The Morgan fingerprint density at radius 1 is 1.24 bits per heavy atom. The maximum absolute atomic E-state index is 12.1. The smallest absolute Gasteiger partial charge is 0.272 e. The van der Waals surface area contributed by atoms with Crippen LogP contribution in [0.3, 0.4) is 0 Å². The summed E-state index contributed by atoms with van der Waals surface area (Å²) < 4.78 is 8.95. The SMILES string of the molecule is CCn1cc(CNC(=O)c2ccn(COc3ccc(Cl)cc3)n2)cn1. The van der Waals surface area contributed by atoms with Crippen molar-refractivity contribution in [1.29, 1.82) is 0 Å². The first kappa shape index (κ1) is 17.0. The fourth-order valence-corrected chi connectivity index (χ4v) is 2.30. The summed E-state index contributed by atoms with van der Waals surface area (Å²) in [6.45, 7) is 3.42. The van der Waals surface area contributed by atoms with Gasteiger partial charge in [0.2, 0.25) is 0 Å². The number of ether oxygens (including phenoxy) is 1.